The Morgan fingerprint density at radius 3 is 2.93 bits per heavy atom. The molecule has 0 spiro atoms. The number of aromatic nitrogens is 1. The van der Waals surface area contributed by atoms with Crippen molar-refractivity contribution >= 4 is 11.8 Å². The van der Waals surface area contributed by atoms with E-state index in [0.717, 1.165) is 11.1 Å². The lowest BCUT2D eigenvalue weighted by atomic mass is 10.1. The fourth-order valence-electron chi connectivity index (χ4n) is 1.38. The van der Waals surface area contributed by atoms with Gasteiger partial charge in [-0.05, 0) is 12.5 Å². The molecule has 0 fully saturated rings. The van der Waals surface area contributed by atoms with Crippen molar-refractivity contribution in [1.82, 2.24) is 5.16 Å². The minimum atomic E-state index is 0.402. The van der Waals surface area contributed by atoms with E-state index in [2.05, 4.69) is 10.1 Å². The molecule has 0 radical (unpaired) electrons. The highest BCUT2D eigenvalue weighted by Crippen LogP contribution is 2.31. The lowest BCUT2D eigenvalue weighted by molar-refractivity contribution is 0.432. The summed E-state index contributed by atoms with van der Waals surface area (Å²) in [4.78, 5) is 13.7. The van der Waals surface area contributed by atoms with Crippen LogP contribution in [0.15, 0.2) is 40.0 Å². The Morgan fingerprint density at radius 1 is 1.40 bits per heavy atom. The summed E-state index contributed by atoms with van der Waals surface area (Å²) in [5.41, 5.74) is 2.32. The standard InChI is InChI=1S/C11H8N2O2/c1-8-4-2-3-5-9(8)11-10(12-7-14)6-13-15-11/h2-6H,1H3. The highest BCUT2D eigenvalue weighted by Gasteiger charge is 2.11. The molecule has 4 nitrogen and oxygen atoms in total. The van der Waals surface area contributed by atoms with E-state index in [1.165, 1.54) is 12.3 Å². The summed E-state index contributed by atoms with van der Waals surface area (Å²) >= 11 is 0. The van der Waals surface area contributed by atoms with Crippen LogP contribution >= 0.6 is 0 Å². The van der Waals surface area contributed by atoms with Gasteiger partial charge < -0.3 is 4.52 Å². The van der Waals surface area contributed by atoms with Crippen molar-refractivity contribution < 1.29 is 9.32 Å². The highest BCUT2D eigenvalue weighted by molar-refractivity contribution is 5.73. The molecule has 4 heteroatoms. The molecule has 0 bridgehead atoms. The number of hydrogen-bond acceptors (Lipinski definition) is 4. The quantitative estimate of drug-likeness (QED) is 0.553. The molecule has 2 rings (SSSR count). The summed E-state index contributed by atoms with van der Waals surface area (Å²) in [7, 11) is 0. The molecule has 0 amide bonds. The average molecular weight is 200 g/mol. The van der Waals surface area contributed by atoms with Gasteiger partial charge in [0.05, 0.1) is 6.20 Å². The third kappa shape index (κ3) is 1.71. The van der Waals surface area contributed by atoms with Gasteiger partial charge in [0.15, 0.2) is 5.76 Å². The first-order valence-electron chi connectivity index (χ1n) is 4.41. The largest absolute Gasteiger partial charge is 0.354 e. The van der Waals surface area contributed by atoms with Crippen LogP contribution in [-0.2, 0) is 4.79 Å². The van der Waals surface area contributed by atoms with E-state index in [4.69, 9.17) is 4.52 Å². The van der Waals surface area contributed by atoms with E-state index in [1.807, 2.05) is 31.2 Å². The second-order valence-corrected chi connectivity index (χ2v) is 3.06. The zero-order valence-electron chi connectivity index (χ0n) is 8.10. The third-order valence-corrected chi connectivity index (χ3v) is 2.11. The maximum atomic E-state index is 10.2. The fourth-order valence-corrected chi connectivity index (χ4v) is 1.38. The van der Waals surface area contributed by atoms with Crippen molar-refractivity contribution in [2.75, 3.05) is 0 Å². The van der Waals surface area contributed by atoms with Crippen molar-refractivity contribution in [3.8, 4) is 11.3 Å². The molecule has 1 heterocycles. The number of hydrogen-bond donors (Lipinski definition) is 0. The number of nitrogens with zero attached hydrogens (tertiary/aromatic N) is 2. The number of aryl methyl sites for hydroxylation is 1. The van der Waals surface area contributed by atoms with Crippen LogP contribution in [0.4, 0.5) is 5.69 Å². The van der Waals surface area contributed by atoms with Crippen LogP contribution in [0.3, 0.4) is 0 Å². The first-order chi connectivity index (χ1) is 7.33. The number of benzene rings is 1. The monoisotopic (exact) mass is 200 g/mol. The van der Waals surface area contributed by atoms with Crippen molar-refractivity contribution in [3.05, 3.63) is 36.0 Å². The molecule has 1 aromatic carbocycles. The summed E-state index contributed by atoms with van der Waals surface area (Å²) in [5, 5.41) is 3.61. The van der Waals surface area contributed by atoms with Gasteiger partial charge in [0.25, 0.3) is 0 Å². The molecule has 15 heavy (non-hydrogen) atoms. The zero-order valence-corrected chi connectivity index (χ0v) is 8.10. The van der Waals surface area contributed by atoms with Gasteiger partial charge in [-0.2, -0.15) is 4.99 Å². The third-order valence-electron chi connectivity index (χ3n) is 2.11. The van der Waals surface area contributed by atoms with Crippen molar-refractivity contribution in [2.24, 2.45) is 4.99 Å². The SMILES string of the molecule is Cc1ccccc1-c1oncc1N=C=O. The minimum Gasteiger partial charge on any atom is -0.354 e. The van der Waals surface area contributed by atoms with Gasteiger partial charge in [0.2, 0.25) is 6.08 Å². The van der Waals surface area contributed by atoms with Gasteiger partial charge in [0.1, 0.15) is 5.69 Å². The Morgan fingerprint density at radius 2 is 2.20 bits per heavy atom. The summed E-state index contributed by atoms with van der Waals surface area (Å²) in [6.45, 7) is 1.95. The maximum absolute atomic E-state index is 10.2. The molecule has 0 aliphatic heterocycles. The lowest BCUT2D eigenvalue weighted by Gasteiger charge is -2.00. The van der Waals surface area contributed by atoms with E-state index in [0.29, 0.717) is 11.4 Å². The minimum absolute atomic E-state index is 0.402. The topological polar surface area (TPSA) is 55.5 Å². The average Bonchev–Trinajstić information content (AvgIpc) is 2.67. The molecule has 0 saturated carbocycles. The first-order valence-corrected chi connectivity index (χ1v) is 4.41. The smallest absolute Gasteiger partial charge is 0.240 e. The molecule has 1 aromatic heterocycles. The summed E-state index contributed by atoms with van der Waals surface area (Å²) in [5.74, 6) is 0.497. The van der Waals surface area contributed by atoms with Crippen LogP contribution in [0.1, 0.15) is 5.56 Å². The fraction of sp³-hybridized carbons (Fsp3) is 0.0909. The van der Waals surface area contributed by atoms with Gasteiger partial charge >= 0.3 is 0 Å². The molecule has 2 aromatic rings. The van der Waals surface area contributed by atoms with Crippen LogP contribution < -0.4 is 0 Å². The highest BCUT2D eigenvalue weighted by atomic mass is 16.5. The van der Waals surface area contributed by atoms with E-state index in [-0.39, 0.29) is 0 Å². The van der Waals surface area contributed by atoms with Gasteiger partial charge in [-0.25, -0.2) is 4.79 Å². The molecule has 0 saturated heterocycles. The molecule has 0 N–H and O–H groups in total. The Balaban J connectivity index is 2.59. The number of isocyanates is 1. The Hall–Kier alpha value is -2.19. The predicted octanol–water partition coefficient (Wildman–Crippen LogP) is 2.62. The molecule has 0 aliphatic rings. The molecule has 74 valence electrons. The van der Waals surface area contributed by atoms with Crippen LogP contribution in [-0.4, -0.2) is 11.2 Å². The molecule has 0 atom stereocenters. The normalized spacial score (nSPS) is 9.67. The van der Waals surface area contributed by atoms with E-state index in [9.17, 15) is 4.79 Å². The van der Waals surface area contributed by atoms with Crippen LogP contribution in [0, 0.1) is 6.92 Å². The van der Waals surface area contributed by atoms with Gasteiger partial charge in [-0.3, -0.25) is 0 Å². The Bertz CT molecular complexity index is 525. The number of carbonyl (C=O) groups excluding carboxylic acids is 1. The van der Waals surface area contributed by atoms with Gasteiger partial charge in [-0.15, -0.1) is 0 Å². The molecular weight excluding hydrogens is 192 g/mol. The van der Waals surface area contributed by atoms with Crippen LogP contribution in [0.25, 0.3) is 11.3 Å². The predicted molar refractivity (Wildman–Crippen MR) is 54.5 cm³/mol. The lowest BCUT2D eigenvalue weighted by Crippen LogP contribution is -1.79. The Labute approximate surface area is 86.2 Å². The van der Waals surface area contributed by atoms with Crippen LogP contribution in [0.5, 0.6) is 0 Å². The van der Waals surface area contributed by atoms with Gasteiger partial charge in [0, 0.05) is 5.56 Å². The second-order valence-electron chi connectivity index (χ2n) is 3.06. The van der Waals surface area contributed by atoms with Crippen molar-refractivity contribution in [3.63, 3.8) is 0 Å². The number of rotatable bonds is 2. The maximum Gasteiger partial charge on any atom is 0.240 e. The van der Waals surface area contributed by atoms with E-state index in [1.54, 1.807) is 0 Å². The van der Waals surface area contributed by atoms with E-state index < -0.39 is 0 Å². The summed E-state index contributed by atoms with van der Waals surface area (Å²) < 4.78 is 5.06. The van der Waals surface area contributed by atoms with Crippen LogP contribution in [0.2, 0.25) is 0 Å². The summed E-state index contributed by atoms with van der Waals surface area (Å²) in [6, 6.07) is 7.66. The van der Waals surface area contributed by atoms with Gasteiger partial charge in [-0.1, -0.05) is 29.4 Å². The zero-order chi connectivity index (χ0) is 10.7. The second kappa shape index (κ2) is 3.90. The molecule has 0 unspecified atom stereocenters. The van der Waals surface area contributed by atoms with Crippen molar-refractivity contribution in [1.29, 1.82) is 0 Å². The molecular formula is C11H8N2O2. The van der Waals surface area contributed by atoms with Crippen molar-refractivity contribution in [2.45, 2.75) is 6.92 Å². The number of aliphatic imine (C=N–C) groups is 1. The Kier molecular flexibility index (Phi) is 2.44. The molecule has 0 aliphatic carbocycles. The summed E-state index contributed by atoms with van der Waals surface area (Å²) in [6.07, 6.45) is 2.87. The van der Waals surface area contributed by atoms with E-state index >= 15 is 0 Å². The first kappa shape index (κ1) is 9.37.